The minimum atomic E-state index is -0.941. The summed E-state index contributed by atoms with van der Waals surface area (Å²) in [5.74, 6) is -2.27. The normalized spacial score (nSPS) is 15.7. The predicted molar refractivity (Wildman–Crippen MR) is 132 cm³/mol. The number of esters is 2. The van der Waals surface area contributed by atoms with Crippen LogP contribution in [0.1, 0.15) is 44.7 Å². The molecule has 0 spiro atoms. The highest BCUT2D eigenvalue weighted by molar-refractivity contribution is 6.42. The Hall–Kier alpha value is -3.36. The molecule has 0 bridgehead atoms. The number of hydrogen-bond acceptors (Lipinski definition) is 7. The van der Waals surface area contributed by atoms with E-state index in [1.807, 2.05) is 0 Å². The quantitative estimate of drug-likeness (QED) is 0.279. The van der Waals surface area contributed by atoms with Gasteiger partial charge in [0, 0.05) is 23.5 Å². The van der Waals surface area contributed by atoms with Gasteiger partial charge in [0.15, 0.2) is 0 Å². The zero-order valence-corrected chi connectivity index (χ0v) is 21.1. The number of rotatable bonds is 7. The van der Waals surface area contributed by atoms with Gasteiger partial charge < -0.3 is 14.8 Å². The molecule has 1 aliphatic heterocycles. The van der Waals surface area contributed by atoms with Gasteiger partial charge in [-0.3, -0.25) is 10.1 Å². The number of nitrogens with zero attached hydrogens (tertiary/aromatic N) is 1. The number of non-ortho nitro benzene ring substituents is 1. The van der Waals surface area contributed by atoms with E-state index < -0.39 is 28.9 Å². The second-order valence-corrected chi connectivity index (χ2v) is 9.08. The van der Waals surface area contributed by atoms with Crippen LogP contribution in [0.15, 0.2) is 65.0 Å². The molecule has 184 valence electrons. The van der Waals surface area contributed by atoms with Gasteiger partial charge in [-0.15, -0.1) is 0 Å². The Morgan fingerprint density at radius 1 is 1.03 bits per heavy atom. The first-order chi connectivity index (χ1) is 16.5. The number of halogens is 2. The van der Waals surface area contributed by atoms with Crippen molar-refractivity contribution in [3.05, 3.63) is 96.3 Å². The van der Waals surface area contributed by atoms with Crippen LogP contribution in [-0.2, 0) is 25.7 Å². The molecular formula is C25H24Cl2N2O6. The standard InChI is InChI=1S/C25H24Cl2N2O6/c1-13(2)35-25(31)22-15(4)28-14(3)21(23(22)17-6-5-7-18(11-17)29(32)33)24(30)34-12-16-8-9-19(26)20(27)10-16/h5-11,13,23,28H,12H2,1-4H3. The van der Waals surface area contributed by atoms with Crippen molar-refractivity contribution in [1.82, 2.24) is 5.32 Å². The van der Waals surface area contributed by atoms with Crippen LogP contribution in [0, 0.1) is 10.1 Å². The lowest BCUT2D eigenvalue weighted by molar-refractivity contribution is -0.384. The Labute approximate surface area is 212 Å². The third-order valence-corrected chi connectivity index (χ3v) is 6.05. The highest BCUT2D eigenvalue weighted by atomic mass is 35.5. The van der Waals surface area contributed by atoms with Crippen LogP contribution in [0.3, 0.4) is 0 Å². The third-order valence-electron chi connectivity index (χ3n) is 5.31. The minimum absolute atomic E-state index is 0.0946. The Morgan fingerprint density at radius 3 is 2.29 bits per heavy atom. The molecule has 8 nitrogen and oxygen atoms in total. The monoisotopic (exact) mass is 518 g/mol. The van der Waals surface area contributed by atoms with Gasteiger partial charge in [0.05, 0.1) is 38.1 Å². The Bertz CT molecular complexity index is 1250. The molecule has 0 saturated heterocycles. The van der Waals surface area contributed by atoms with E-state index in [4.69, 9.17) is 32.7 Å². The second-order valence-electron chi connectivity index (χ2n) is 8.27. The molecule has 1 N–H and O–H groups in total. The maximum absolute atomic E-state index is 13.3. The van der Waals surface area contributed by atoms with E-state index in [-0.39, 0.29) is 23.4 Å². The van der Waals surface area contributed by atoms with Crippen LogP contribution in [-0.4, -0.2) is 23.0 Å². The molecule has 35 heavy (non-hydrogen) atoms. The van der Waals surface area contributed by atoms with E-state index in [9.17, 15) is 19.7 Å². The van der Waals surface area contributed by atoms with Crippen molar-refractivity contribution >= 4 is 40.8 Å². The van der Waals surface area contributed by atoms with Crippen LogP contribution >= 0.6 is 23.2 Å². The van der Waals surface area contributed by atoms with Gasteiger partial charge in [-0.2, -0.15) is 0 Å². The van der Waals surface area contributed by atoms with Crippen molar-refractivity contribution < 1.29 is 24.0 Å². The van der Waals surface area contributed by atoms with E-state index >= 15 is 0 Å². The number of allylic oxidation sites excluding steroid dienone is 2. The fourth-order valence-electron chi connectivity index (χ4n) is 3.82. The molecule has 2 aromatic carbocycles. The number of nitrogens with one attached hydrogen (secondary N) is 1. The summed E-state index contributed by atoms with van der Waals surface area (Å²) in [7, 11) is 0. The molecule has 1 heterocycles. The first kappa shape index (κ1) is 26.2. The zero-order valence-electron chi connectivity index (χ0n) is 19.6. The summed E-state index contributed by atoms with van der Waals surface area (Å²) in [6.07, 6.45) is -0.411. The van der Waals surface area contributed by atoms with E-state index in [2.05, 4.69) is 5.32 Å². The summed E-state index contributed by atoms with van der Waals surface area (Å²) in [5, 5.41) is 15.2. The smallest absolute Gasteiger partial charge is 0.337 e. The van der Waals surface area contributed by atoms with Crippen molar-refractivity contribution in [3.8, 4) is 0 Å². The molecule has 0 amide bonds. The van der Waals surface area contributed by atoms with Gasteiger partial charge in [0.25, 0.3) is 5.69 Å². The van der Waals surface area contributed by atoms with Gasteiger partial charge >= 0.3 is 11.9 Å². The molecule has 10 heteroatoms. The molecule has 1 unspecified atom stereocenters. The first-order valence-corrected chi connectivity index (χ1v) is 11.5. The molecule has 0 radical (unpaired) electrons. The van der Waals surface area contributed by atoms with Crippen molar-refractivity contribution in [2.45, 2.75) is 46.3 Å². The molecular weight excluding hydrogens is 495 g/mol. The van der Waals surface area contributed by atoms with Gasteiger partial charge in [0.2, 0.25) is 0 Å². The maximum atomic E-state index is 13.3. The molecule has 0 aliphatic carbocycles. The third kappa shape index (κ3) is 6.01. The van der Waals surface area contributed by atoms with E-state index in [0.29, 0.717) is 32.6 Å². The highest BCUT2D eigenvalue weighted by Gasteiger charge is 2.38. The summed E-state index contributed by atoms with van der Waals surface area (Å²) in [4.78, 5) is 37.3. The van der Waals surface area contributed by atoms with E-state index in [1.165, 1.54) is 18.2 Å². The molecule has 3 rings (SSSR count). The van der Waals surface area contributed by atoms with Crippen molar-refractivity contribution in [2.75, 3.05) is 0 Å². The van der Waals surface area contributed by atoms with Crippen LogP contribution in [0.2, 0.25) is 10.0 Å². The Balaban J connectivity index is 2.04. The van der Waals surface area contributed by atoms with Crippen LogP contribution < -0.4 is 5.32 Å². The zero-order chi connectivity index (χ0) is 25.9. The lowest BCUT2D eigenvalue weighted by atomic mass is 9.80. The number of dihydropyridines is 1. The van der Waals surface area contributed by atoms with Crippen molar-refractivity contribution in [2.24, 2.45) is 0 Å². The Morgan fingerprint density at radius 2 is 1.69 bits per heavy atom. The molecule has 1 aliphatic rings. The Kier molecular flexibility index (Phi) is 8.19. The van der Waals surface area contributed by atoms with Crippen LogP contribution in [0.25, 0.3) is 0 Å². The number of nitro groups is 1. The summed E-state index contributed by atoms with van der Waals surface area (Å²) in [6.45, 7) is 6.68. The summed E-state index contributed by atoms with van der Waals surface area (Å²) in [6, 6.07) is 10.7. The van der Waals surface area contributed by atoms with E-state index in [1.54, 1.807) is 52.0 Å². The SMILES string of the molecule is CC1=C(C(=O)OCc2ccc(Cl)c(Cl)c2)C(c2cccc([N+](=O)[O-])c2)C(C(=O)OC(C)C)=C(C)N1. The average Bonchev–Trinajstić information content (AvgIpc) is 2.78. The number of nitro benzene ring substituents is 1. The van der Waals surface area contributed by atoms with Gasteiger partial charge in [-0.25, -0.2) is 9.59 Å². The van der Waals surface area contributed by atoms with Crippen molar-refractivity contribution in [1.29, 1.82) is 0 Å². The number of ether oxygens (including phenoxy) is 2. The molecule has 0 aromatic heterocycles. The number of benzene rings is 2. The molecule has 0 saturated carbocycles. The topological polar surface area (TPSA) is 108 Å². The fraction of sp³-hybridized carbons (Fsp3) is 0.280. The van der Waals surface area contributed by atoms with Gasteiger partial charge in [-0.1, -0.05) is 41.4 Å². The summed E-state index contributed by atoms with van der Waals surface area (Å²) >= 11 is 12.0. The van der Waals surface area contributed by atoms with Crippen molar-refractivity contribution in [3.63, 3.8) is 0 Å². The number of hydrogen-bond donors (Lipinski definition) is 1. The fourth-order valence-corrected chi connectivity index (χ4v) is 4.14. The molecule has 1 atom stereocenters. The molecule has 2 aromatic rings. The first-order valence-electron chi connectivity index (χ1n) is 10.7. The maximum Gasteiger partial charge on any atom is 0.337 e. The molecule has 0 fully saturated rings. The van der Waals surface area contributed by atoms with Crippen LogP contribution in [0.5, 0.6) is 0 Å². The van der Waals surface area contributed by atoms with Crippen LogP contribution in [0.4, 0.5) is 5.69 Å². The summed E-state index contributed by atoms with van der Waals surface area (Å²) in [5.41, 5.74) is 2.09. The lowest BCUT2D eigenvalue weighted by Crippen LogP contribution is -2.33. The second kappa shape index (κ2) is 10.9. The number of carbonyl (C=O) groups is 2. The predicted octanol–water partition coefficient (Wildman–Crippen LogP) is 5.83. The van der Waals surface area contributed by atoms with Gasteiger partial charge in [0.1, 0.15) is 6.61 Å². The van der Waals surface area contributed by atoms with E-state index in [0.717, 1.165) is 0 Å². The lowest BCUT2D eigenvalue weighted by Gasteiger charge is -2.30. The largest absolute Gasteiger partial charge is 0.460 e. The van der Waals surface area contributed by atoms with Gasteiger partial charge in [-0.05, 0) is 51.0 Å². The summed E-state index contributed by atoms with van der Waals surface area (Å²) < 4.78 is 11.0. The highest BCUT2D eigenvalue weighted by Crippen LogP contribution is 2.40. The number of carbonyl (C=O) groups excluding carboxylic acids is 2. The average molecular weight is 519 g/mol. The minimum Gasteiger partial charge on any atom is -0.460 e.